The molecule has 0 saturated carbocycles. The van der Waals surface area contributed by atoms with Crippen LogP contribution in [0.3, 0.4) is 0 Å². The predicted octanol–water partition coefficient (Wildman–Crippen LogP) is 11.4. The lowest BCUT2D eigenvalue weighted by Crippen LogP contribution is -2.34. The number of ether oxygens (including phenoxy) is 3. The van der Waals surface area contributed by atoms with Gasteiger partial charge in [0, 0.05) is 13.2 Å². The molecule has 0 aromatic carbocycles. The number of unbranched alkanes of at least 4 members (excludes halogenated alkanes) is 18. The first-order valence-electron chi connectivity index (χ1n) is 19.9. The number of hydrogen-bond acceptors (Lipinski definition) is 5. The highest BCUT2D eigenvalue weighted by molar-refractivity contribution is 4.93. The standard InChI is InChI=1S/C42H78O5/c1-3-5-7-9-11-13-15-17-19-21-23-25-27-29-31-33-35-45-39-41(37-43)47-42(38-44)40-46-36-34-32-30-28-26-24-22-20-18-16-14-12-10-8-6-4-2/h11-14,17-20,41-44H,3-10,15-16,21-40H2,1-2H3/b13-11-,14-12-,19-17-,20-18-. The number of hydrogen-bond donors (Lipinski definition) is 2. The van der Waals surface area contributed by atoms with Crippen LogP contribution < -0.4 is 0 Å². The van der Waals surface area contributed by atoms with Crippen molar-refractivity contribution in [1.82, 2.24) is 0 Å². The zero-order chi connectivity index (χ0) is 34.1. The van der Waals surface area contributed by atoms with E-state index in [0.717, 1.165) is 25.7 Å². The van der Waals surface area contributed by atoms with Crippen molar-refractivity contribution in [3.8, 4) is 0 Å². The summed E-state index contributed by atoms with van der Waals surface area (Å²) in [6.07, 6.45) is 47.1. The third kappa shape index (κ3) is 37.4. The van der Waals surface area contributed by atoms with Gasteiger partial charge < -0.3 is 24.4 Å². The zero-order valence-electron chi connectivity index (χ0n) is 31.1. The second kappa shape index (κ2) is 40.9. The van der Waals surface area contributed by atoms with Crippen LogP contribution in [0.5, 0.6) is 0 Å². The summed E-state index contributed by atoms with van der Waals surface area (Å²) in [5.74, 6) is 0. The number of aliphatic hydroxyl groups excluding tert-OH is 2. The maximum Gasteiger partial charge on any atom is 0.104 e. The Balaban J connectivity index is 3.58. The van der Waals surface area contributed by atoms with Crippen molar-refractivity contribution in [2.45, 2.75) is 180 Å². The van der Waals surface area contributed by atoms with E-state index >= 15 is 0 Å². The van der Waals surface area contributed by atoms with Gasteiger partial charge in [-0.1, -0.05) is 140 Å². The van der Waals surface area contributed by atoms with Crippen molar-refractivity contribution in [2.75, 3.05) is 39.6 Å². The van der Waals surface area contributed by atoms with Gasteiger partial charge in [-0.3, -0.25) is 0 Å². The van der Waals surface area contributed by atoms with E-state index in [0.29, 0.717) is 26.4 Å². The molecule has 0 saturated heterocycles. The second-order valence-electron chi connectivity index (χ2n) is 13.1. The molecule has 0 aliphatic heterocycles. The first-order chi connectivity index (χ1) is 23.3. The first-order valence-corrected chi connectivity index (χ1v) is 19.9. The van der Waals surface area contributed by atoms with Crippen LogP contribution in [-0.2, 0) is 14.2 Å². The van der Waals surface area contributed by atoms with E-state index in [1.165, 1.54) is 128 Å². The molecule has 0 aromatic heterocycles. The molecule has 0 spiro atoms. The average molecular weight is 663 g/mol. The van der Waals surface area contributed by atoms with E-state index in [2.05, 4.69) is 62.5 Å². The third-order valence-electron chi connectivity index (χ3n) is 8.38. The van der Waals surface area contributed by atoms with Gasteiger partial charge >= 0.3 is 0 Å². The molecule has 0 aliphatic carbocycles. The van der Waals surface area contributed by atoms with E-state index in [1.54, 1.807) is 0 Å². The van der Waals surface area contributed by atoms with Crippen molar-refractivity contribution in [1.29, 1.82) is 0 Å². The highest BCUT2D eigenvalue weighted by Gasteiger charge is 2.16. The van der Waals surface area contributed by atoms with E-state index in [-0.39, 0.29) is 13.2 Å². The molecule has 0 bridgehead atoms. The average Bonchev–Trinajstić information content (AvgIpc) is 3.09. The minimum absolute atomic E-state index is 0.119. The molecule has 2 N–H and O–H groups in total. The van der Waals surface area contributed by atoms with Crippen LogP contribution in [0.1, 0.15) is 168 Å². The van der Waals surface area contributed by atoms with Crippen molar-refractivity contribution < 1.29 is 24.4 Å². The molecule has 5 nitrogen and oxygen atoms in total. The maximum atomic E-state index is 9.70. The lowest BCUT2D eigenvalue weighted by molar-refractivity contribution is -0.115. The summed E-state index contributed by atoms with van der Waals surface area (Å²) in [6, 6.07) is 0. The summed E-state index contributed by atoms with van der Waals surface area (Å²) in [7, 11) is 0. The summed E-state index contributed by atoms with van der Waals surface area (Å²) in [5.41, 5.74) is 0. The normalized spacial score (nSPS) is 13.7. The lowest BCUT2D eigenvalue weighted by Gasteiger charge is -2.22. The fraction of sp³-hybridized carbons (Fsp3) is 0.810. The summed E-state index contributed by atoms with van der Waals surface area (Å²) in [5, 5.41) is 19.4. The topological polar surface area (TPSA) is 68.2 Å². The van der Waals surface area contributed by atoms with Crippen LogP contribution in [0.4, 0.5) is 0 Å². The number of rotatable bonds is 38. The van der Waals surface area contributed by atoms with Gasteiger partial charge in [0.15, 0.2) is 0 Å². The Bertz CT molecular complexity index is 643. The minimum atomic E-state index is -0.429. The van der Waals surface area contributed by atoms with E-state index in [1.807, 2.05) is 0 Å². The molecule has 0 fully saturated rings. The molecular formula is C42H78O5. The smallest absolute Gasteiger partial charge is 0.104 e. The van der Waals surface area contributed by atoms with Gasteiger partial charge in [0.2, 0.25) is 0 Å². The molecule has 2 unspecified atom stereocenters. The molecule has 47 heavy (non-hydrogen) atoms. The van der Waals surface area contributed by atoms with E-state index < -0.39 is 12.2 Å². The Morgan fingerprint density at radius 3 is 1.06 bits per heavy atom. The summed E-state index contributed by atoms with van der Waals surface area (Å²) in [6.45, 7) is 6.32. The van der Waals surface area contributed by atoms with Crippen LogP contribution in [0.15, 0.2) is 48.6 Å². The summed E-state index contributed by atoms with van der Waals surface area (Å²) >= 11 is 0. The van der Waals surface area contributed by atoms with Gasteiger partial charge in [-0.25, -0.2) is 0 Å². The molecule has 5 heteroatoms. The molecule has 0 heterocycles. The Hall–Kier alpha value is -1.24. The summed E-state index contributed by atoms with van der Waals surface area (Å²) < 4.78 is 17.4. The predicted molar refractivity (Wildman–Crippen MR) is 203 cm³/mol. The van der Waals surface area contributed by atoms with Crippen molar-refractivity contribution in [3.63, 3.8) is 0 Å². The molecule has 276 valence electrons. The lowest BCUT2D eigenvalue weighted by atomic mass is 10.1. The van der Waals surface area contributed by atoms with E-state index in [9.17, 15) is 10.2 Å². The van der Waals surface area contributed by atoms with Crippen LogP contribution >= 0.6 is 0 Å². The van der Waals surface area contributed by atoms with Gasteiger partial charge in [-0.15, -0.1) is 0 Å². The quantitative estimate of drug-likeness (QED) is 0.0509. The number of aliphatic hydroxyl groups is 2. The van der Waals surface area contributed by atoms with Crippen LogP contribution in [-0.4, -0.2) is 62.1 Å². The molecule has 0 aliphatic rings. The second-order valence-corrected chi connectivity index (χ2v) is 13.1. The molecule has 0 aromatic rings. The highest BCUT2D eigenvalue weighted by Crippen LogP contribution is 2.11. The Morgan fingerprint density at radius 1 is 0.404 bits per heavy atom. The van der Waals surface area contributed by atoms with Gasteiger partial charge in [0.05, 0.1) is 26.4 Å². The third-order valence-corrected chi connectivity index (χ3v) is 8.38. The fourth-order valence-corrected chi connectivity index (χ4v) is 5.36. The summed E-state index contributed by atoms with van der Waals surface area (Å²) in [4.78, 5) is 0. The van der Waals surface area contributed by atoms with Gasteiger partial charge in [-0.05, 0) is 77.0 Å². The van der Waals surface area contributed by atoms with Gasteiger partial charge in [0.25, 0.3) is 0 Å². The first kappa shape index (κ1) is 45.8. The largest absolute Gasteiger partial charge is 0.394 e. The fourth-order valence-electron chi connectivity index (χ4n) is 5.36. The minimum Gasteiger partial charge on any atom is -0.394 e. The zero-order valence-corrected chi connectivity index (χ0v) is 31.1. The molecule has 0 amide bonds. The Kier molecular flexibility index (Phi) is 39.9. The van der Waals surface area contributed by atoms with Crippen molar-refractivity contribution in [2.24, 2.45) is 0 Å². The monoisotopic (exact) mass is 663 g/mol. The van der Waals surface area contributed by atoms with Crippen LogP contribution in [0.2, 0.25) is 0 Å². The Morgan fingerprint density at radius 2 is 0.723 bits per heavy atom. The highest BCUT2D eigenvalue weighted by atomic mass is 16.6. The maximum absolute atomic E-state index is 9.70. The molecule has 0 rings (SSSR count). The van der Waals surface area contributed by atoms with Gasteiger partial charge in [0.1, 0.15) is 12.2 Å². The molecule has 0 radical (unpaired) electrons. The van der Waals surface area contributed by atoms with Gasteiger partial charge in [-0.2, -0.15) is 0 Å². The molecular weight excluding hydrogens is 584 g/mol. The Labute approximate surface area is 292 Å². The number of allylic oxidation sites excluding steroid dienone is 8. The van der Waals surface area contributed by atoms with Crippen molar-refractivity contribution >= 4 is 0 Å². The molecule has 2 atom stereocenters. The van der Waals surface area contributed by atoms with Crippen molar-refractivity contribution in [3.05, 3.63) is 48.6 Å². The van der Waals surface area contributed by atoms with Crippen LogP contribution in [0.25, 0.3) is 0 Å². The van der Waals surface area contributed by atoms with E-state index in [4.69, 9.17) is 14.2 Å². The van der Waals surface area contributed by atoms with Crippen LogP contribution in [0, 0.1) is 0 Å². The SMILES string of the molecule is CCCCC/C=C\C/C=C\CCCCCCCCOCC(CO)OC(CO)COCCCCCCCC/C=C\C/C=C\CCCCC.